The molecular formula is C8H13N3O2. The third-order valence-corrected chi connectivity index (χ3v) is 2.81. The number of rotatable bonds is 3. The molecule has 0 heterocycles. The molecule has 0 saturated heterocycles. The zero-order valence-electron chi connectivity index (χ0n) is 7.25. The van der Waals surface area contributed by atoms with Crippen molar-refractivity contribution in [3.05, 3.63) is 0 Å². The fraction of sp³-hybridized carbons (Fsp3) is 0.750. The van der Waals surface area contributed by atoms with Gasteiger partial charge in [-0.3, -0.25) is 9.59 Å². The standard InChI is InChI=1S/C8H13N3O2/c9-4-3-5(4)11-7(13)8(1-2-8)6(10)12/h4-5H,1-3,9H2,(H2,10,12)(H,11,13). The van der Waals surface area contributed by atoms with Crippen LogP contribution in [-0.4, -0.2) is 23.9 Å². The lowest BCUT2D eigenvalue weighted by atomic mass is 10.1. The van der Waals surface area contributed by atoms with Crippen LogP contribution >= 0.6 is 0 Å². The number of carbonyl (C=O) groups is 2. The Morgan fingerprint density at radius 1 is 1.38 bits per heavy atom. The molecular weight excluding hydrogens is 170 g/mol. The zero-order chi connectivity index (χ0) is 9.64. The van der Waals surface area contributed by atoms with E-state index in [1.807, 2.05) is 0 Å². The Balaban J connectivity index is 1.93. The topological polar surface area (TPSA) is 98.2 Å². The summed E-state index contributed by atoms with van der Waals surface area (Å²) in [6, 6.07) is 0.122. The molecule has 2 aliphatic carbocycles. The van der Waals surface area contributed by atoms with E-state index in [1.54, 1.807) is 0 Å². The Bertz CT molecular complexity index is 273. The molecule has 5 nitrogen and oxygen atoms in total. The summed E-state index contributed by atoms with van der Waals surface area (Å²) in [6.45, 7) is 0. The van der Waals surface area contributed by atoms with Crippen LogP contribution in [0.5, 0.6) is 0 Å². The van der Waals surface area contributed by atoms with Gasteiger partial charge in [0.1, 0.15) is 5.41 Å². The van der Waals surface area contributed by atoms with Crippen LogP contribution in [0.4, 0.5) is 0 Å². The summed E-state index contributed by atoms with van der Waals surface area (Å²) in [5.74, 6) is -0.753. The largest absolute Gasteiger partial charge is 0.369 e. The zero-order valence-corrected chi connectivity index (χ0v) is 7.25. The molecule has 2 atom stereocenters. The van der Waals surface area contributed by atoms with Crippen molar-refractivity contribution >= 4 is 11.8 Å². The predicted octanol–water partition coefficient (Wildman–Crippen LogP) is -1.53. The van der Waals surface area contributed by atoms with Gasteiger partial charge in [-0.1, -0.05) is 0 Å². The molecule has 0 aliphatic heterocycles. The minimum atomic E-state index is -0.900. The minimum absolute atomic E-state index is 0.0596. The van der Waals surface area contributed by atoms with Gasteiger partial charge in [-0.25, -0.2) is 0 Å². The highest BCUT2D eigenvalue weighted by molar-refractivity contribution is 6.07. The van der Waals surface area contributed by atoms with E-state index < -0.39 is 11.3 Å². The first-order valence-corrected chi connectivity index (χ1v) is 4.43. The Kier molecular flexibility index (Phi) is 1.60. The third-order valence-electron chi connectivity index (χ3n) is 2.81. The lowest BCUT2D eigenvalue weighted by Crippen LogP contribution is -2.42. The summed E-state index contributed by atoms with van der Waals surface area (Å²) in [5.41, 5.74) is 9.76. The smallest absolute Gasteiger partial charge is 0.235 e. The molecule has 5 heteroatoms. The first kappa shape index (κ1) is 8.50. The molecule has 0 bridgehead atoms. The number of amides is 2. The van der Waals surface area contributed by atoms with Crippen LogP contribution in [0.15, 0.2) is 0 Å². The van der Waals surface area contributed by atoms with E-state index >= 15 is 0 Å². The van der Waals surface area contributed by atoms with Gasteiger partial charge >= 0.3 is 0 Å². The molecule has 2 fully saturated rings. The summed E-state index contributed by atoms with van der Waals surface area (Å²) >= 11 is 0. The van der Waals surface area contributed by atoms with E-state index in [4.69, 9.17) is 11.5 Å². The van der Waals surface area contributed by atoms with Crippen molar-refractivity contribution < 1.29 is 9.59 Å². The van der Waals surface area contributed by atoms with Gasteiger partial charge in [0.2, 0.25) is 11.8 Å². The van der Waals surface area contributed by atoms with Crippen LogP contribution in [0, 0.1) is 5.41 Å². The van der Waals surface area contributed by atoms with Crippen molar-refractivity contribution in [3.8, 4) is 0 Å². The summed E-state index contributed by atoms with van der Waals surface area (Å²) < 4.78 is 0. The Morgan fingerprint density at radius 3 is 2.23 bits per heavy atom. The average molecular weight is 183 g/mol. The second kappa shape index (κ2) is 2.45. The molecule has 2 saturated carbocycles. The number of nitrogens with two attached hydrogens (primary N) is 2. The van der Waals surface area contributed by atoms with Crippen molar-refractivity contribution in [1.82, 2.24) is 5.32 Å². The van der Waals surface area contributed by atoms with Gasteiger partial charge in [0, 0.05) is 12.1 Å². The van der Waals surface area contributed by atoms with Crippen LogP contribution in [0.2, 0.25) is 0 Å². The van der Waals surface area contributed by atoms with Gasteiger partial charge in [-0.15, -0.1) is 0 Å². The van der Waals surface area contributed by atoms with Crippen molar-refractivity contribution in [2.75, 3.05) is 0 Å². The van der Waals surface area contributed by atoms with Crippen LogP contribution in [0.25, 0.3) is 0 Å². The van der Waals surface area contributed by atoms with Crippen molar-refractivity contribution in [2.24, 2.45) is 16.9 Å². The van der Waals surface area contributed by atoms with Gasteiger partial charge in [0.05, 0.1) is 0 Å². The van der Waals surface area contributed by atoms with E-state index in [0.29, 0.717) is 12.8 Å². The van der Waals surface area contributed by atoms with Crippen molar-refractivity contribution in [2.45, 2.75) is 31.3 Å². The van der Waals surface area contributed by atoms with E-state index in [-0.39, 0.29) is 18.0 Å². The first-order chi connectivity index (χ1) is 6.06. The maximum absolute atomic E-state index is 11.5. The quantitative estimate of drug-likeness (QED) is 0.463. The molecule has 0 spiro atoms. The van der Waals surface area contributed by atoms with Crippen LogP contribution in [0.1, 0.15) is 19.3 Å². The monoisotopic (exact) mass is 183 g/mol. The minimum Gasteiger partial charge on any atom is -0.369 e. The maximum atomic E-state index is 11.5. The van der Waals surface area contributed by atoms with Crippen LogP contribution < -0.4 is 16.8 Å². The molecule has 2 rings (SSSR count). The summed E-state index contributed by atoms with van der Waals surface area (Å²) in [4.78, 5) is 22.4. The van der Waals surface area contributed by atoms with E-state index in [1.165, 1.54) is 0 Å². The highest BCUT2D eigenvalue weighted by atomic mass is 16.2. The predicted molar refractivity (Wildman–Crippen MR) is 45.4 cm³/mol. The van der Waals surface area contributed by atoms with Gasteiger partial charge < -0.3 is 16.8 Å². The highest BCUT2D eigenvalue weighted by Crippen LogP contribution is 2.45. The summed E-state index contributed by atoms with van der Waals surface area (Å²) in [6.07, 6.45) is 1.97. The normalized spacial score (nSPS) is 33.6. The number of carbonyl (C=O) groups excluding carboxylic acids is 2. The molecule has 72 valence electrons. The average Bonchev–Trinajstić information content (AvgIpc) is 2.87. The number of nitrogens with one attached hydrogen (secondary N) is 1. The molecule has 2 aliphatic rings. The van der Waals surface area contributed by atoms with Gasteiger partial charge in [-0.05, 0) is 19.3 Å². The summed E-state index contributed by atoms with van der Waals surface area (Å²) in [5, 5.41) is 2.72. The second-order valence-electron chi connectivity index (χ2n) is 3.93. The Labute approximate surface area is 75.8 Å². The van der Waals surface area contributed by atoms with Gasteiger partial charge in [0.25, 0.3) is 0 Å². The summed E-state index contributed by atoms with van der Waals surface area (Å²) in [7, 11) is 0. The molecule has 0 aromatic rings. The second-order valence-corrected chi connectivity index (χ2v) is 3.93. The number of hydrogen-bond acceptors (Lipinski definition) is 3. The SMILES string of the molecule is NC(=O)C1(C(=O)NC2CC2N)CC1. The lowest BCUT2D eigenvalue weighted by Gasteiger charge is -2.10. The molecule has 5 N–H and O–H groups in total. The molecule has 13 heavy (non-hydrogen) atoms. The molecule has 0 aromatic carbocycles. The van der Waals surface area contributed by atoms with Crippen LogP contribution in [0.3, 0.4) is 0 Å². The number of primary amides is 1. The maximum Gasteiger partial charge on any atom is 0.235 e. The molecule has 0 radical (unpaired) electrons. The molecule has 2 amide bonds. The van der Waals surface area contributed by atoms with Crippen LogP contribution in [-0.2, 0) is 9.59 Å². The molecule has 2 unspecified atom stereocenters. The van der Waals surface area contributed by atoms with E-state index in [2.05, 4.69) is 5.32 Å². The fourth-order valence-electron chi connectivity index (χ4n) is 1.40. The first-order valence-electron chi connectivity index (χ1n) is 4.43. The molecule has 0 aromatic heterocycles. The van der Waals surface area contributed by atoms with Crippen molar-refractivity contribution in [3.63, 3.8) is 0 Å². The lowest BCUT2D eigenvalue weighted by molar-refractivity contribution is -0.135. The highest BCUT2D eigenvalue weighted by Gasteiger charge is 2.56. The third kappa shape index (κ3) is 1.29. The van der Waals surface area contributed by atoms with Crippen molar-refractivity contribution in [1.29, 1.82) is 0 Å². The van der Waals surface area contributed by atoms with E-state index in [9.17, 15) is 9.59 Å². The Morgan fingerprint density at radius 2 is 1.92 bits per heavy atom. The van der Waals surface area contributed by atoms with E-state index in [0.717, 1.165) is 6.42 Å². The van der Waals surface area contributed by atoms with Gasteiger partial charge in [-0.2, -0.15) is 0 Å². The van der Waals surface area contributed by atoms with Gasteiger partial charge in [0.15, 0.2) is 0 Å². The fourth-order valence-corrected chi connectivity index (χ4v) is 1.40. The number of hydrogen-bond donors (Lipinski definition) is 3. The Hall–Kier alpha value is -1.10.